The van der Waals surface area contributed by atoms with E-state index in [0.29, 0.717) is 28.7 Å². The van der Waals surface area contributed by atoms with Gasteiger partial charge in [-0.25, -0.2) is 4.79 Å². The van der Waals surface area contributed by atoms with Crippen LogP contribution in [0, 0.1) is 0 Å². The van der Waals surface area contributed by atoms with Gasteiger partial charge in [-0.1, -0.05) is 31.4 Å². The zero-order valence-corrected chi connectivity index (χ0v) is 19.5. The predicted molar refractivity (Wildman–Crippen MR) is 121 cm³/mol. The fraction of sp³-hybridized carbons (Fsp3) is 0.462. The van der Waals surface area contributed by atoms with Gasteiger partial charge in [0.05, 0.1) is 17.3 Å². The van der Waals surface area contributed by atoms with E-state index < -0.39 is 29.2 Å². The van der Waals surface area contributed by atoms with Gasteiger partial charge < -0.3 is 14.6 Å². The van der Waals surface area contributed by atoms with Crippen molar-refractivity contribution in [2.24, 2.45) is 0 Å². The molecule has 0 amide bonds. The highest BCUT2D eigenvalue weighted by Gasteiger charge is 2.49. The summed E-state index contributed by atoms with van der Waals surface area (Å²) in [4.78, 5) is 51.0. The van der Waals surface area contributed by atoms with E-state index in [0.717, 1.165) is 25.7 Å². The summed E-state index contributed by atoms with van der Waals surface area (Å²) in [5.74, 6) is -2.08. The van der Waals surface area contributed by atoms with Gasteiger partial charge in [0.25, 0.3) is 0 Å². The van der Waals surface area contributed by atoms with E-state index in [9.17, 15) is 24.3 Å². The van der Waals surface area contributed by atoms with Crippen molar-refractivity contribution >= 4 is 23.3 Å². The molecule has 2 unspecified atom stereocenters. The van der Waals surface area contributed by atoms with Crippen LogP contribution < -0.4 is 0 Å². The molecular weight excluding hydrogens is 424 g/mol. The molecule has 2 atom stereocenters. The van der Waals surface area contributed by atoms with Gasteiger partial charge in [0.2, 0.25) is 17.2 Å². The van der Waals surface area contributed by atoms with Gasteiger partial charge >= 0.3 is 5.97 Å². The second kappa shape index (κ2) is 9.83. The van der Waals surface area contributed by atoms with Gasteiger partial charge in [0.1, 0.15) is 12.0 Å². The van der Waals surface area contributed by atoms with Crippen LogP contribution in [0.4, 0.5) is 0 Å². The summed E-state index contributed by atoms with van der Waals surface area (Å²) >= 11 is 0. The third kappa shape index (κ3) is 4.98. The quantitative estimate of drug-likeness (QED) is 0.270. The Morgan fingerprint density at radius 1 is 1.24 bits per heavy atom. The number of aliphatic hydroxyl groups excluding tert-OH is 1. The van der Waals surface area contributed by atoms with Crippen LogP contribution in [0.15, 0.2) is 58.1 Å². The number of carbonyl (C=O) groups excluding carboxylic acids is 4. The molecule has 0 aromatic heterocycles. The molecule has 0 radical (unpaired) electrons. The van der Waals surface area contributed by atoms with E-state index >= 15 is 0 Å². The van der Waals surface area contributed by atoms with Crippen molar-refractivity contribution in [3.05, 3.63) is 58.1 Å². The summed E-state index contributed by atoms with van der Waals surface area (Å²) in [6, 6.07) is 0. The molecule has 0 saturated heterocycles. The van der Waals surface area contributed by atoms with Crippen LogP contribution in [0.25, 0.3) is 0 Å². The van der Waals surface area contributed by atoms with Crippen molar-refractivity contribution in [3.8, 4) is 0 Å². The fourth-order valence-electron chi connectivity index (χ4n) is 4.11. The normalized spacial score (nSPS) is 25.7. The maximum atomic E-state index is 13.2. The highest BCUT2D eigenvalue weighted by Crippen LogP contribution is 2.37. The number of allylic oxidation sites excluding steroid dienone is 4. The molecule has 7 nitrogen and oxygen atoms in total. The number of ether oxygens (including phenoxy) is 2. The lowest BCUT2D eigenvalue weighted by atomic mass is 9.79. The highest BCUT2D eigenvalue weighted by molar-refractivity contribution is 6.26. The number of hydrogen-bond acceptors (Lipinski definition) is 7. The number of ketones is 3. The molecule has 0 fully saturated rings. The average Bonchev–Trinajstić information content (AvgIpc) is 2.74. The molecule has 0 spiro atoms. The first-order valence-corrected chi connectivity index (χ1v) is 11.3. The molecule has 1 heterocycles. The summed E-state index contributed by atoms with van der Waals surface area (Å²) in [5.41, 5.74) is -0.222. The van der Waals surface area contributed by atoms with Gasteiger partial charge in [-0.2, -0.15) is 0 Å². The SMILES string of the molecule is CCCCCC=C(C)C(=O)OC1(C)C(=O)C=C2C=C(C3=C(C)CC(O)CC3=O)OC=C2C1=O. The Bertz CT molecular complexity index is 1050. The Morgan fingerprint density at radius 2 is 1.97 bits per heavy atom. The van der Waals surface area contributed by atoms with Gasteiger partial charge in [-0.05, 0) is 57.8 Å². The van der Waals surface area contributed by atoms with Crippen LogP contribution >= 0.6 is 0 Å². The van der Waals surface area contributed by atoms with Crippen molar-refractivity contribution in [1.29, 1.82) is 0 Å². The van der Waals surface area contributed by atoms with Gasteiger partial charge in [-0.15, -0.1) is 0 Å². The zero-order chi connectivity index (χ0) is 24.3. The number of carbonyl (C=O) groups is 4. The van der Waals surface area contributed by atoms with Crippen molar-refractivity contribution in [2.45, 2.75) is 77.9 Å². The fourth-order valence-corrected chi connectivity index (χ4v) is 4.11. The smallest absolute Gasteiger partial charge is 0.334 e. The molecular formula is C26H30O7. The van der Waals surface area contributed by atoms with Crippen molar-refractivity contribution < 1.29 is 33.8 Å². The Kier molecular flexibility index (Phi) is 7.32. The lowest BCUT2D eigenvalue weighted by molar-refractivity contribution is -0.165. The molecule has 1 aliphatic heterocycles. The Labute approximate surface area is 193 Å². The van der Waals surface area contributed by atoms with Gasteiger partial charge in [0, 0.05) is 12.0 Å². The van der Waals surface area contributed by atoms with Crippen LogP contribution in [0.2, 0.25) is 0 Å². The Hall–Kier alpha value is -3.06. The number of Topliss-reactive ketones (excluding diaryl/α,β-unsaturated/α-hetero) is 2. The maximum absolute atomic E-state index is 13.2. The van der Waals surface area contributed by atoms with Crippen molar-refractivity contribution in [3.63, 3.8) is 0 Å². The molecule has 7 heteroatoms. The van der Waals surface area contributed by atoms with E-state index in [1.807, 2.05) is 0 Å². The van der Waals surface area contributed by atoms with E-state index in [-0.39, 0.29) is 23.5 Å². The first kappa shape index (κ1) is 24.6. The van der Waals surface area contributed by atoms with E-state index in [2.05, 4.69) is 6.92 Å². The minimum absolute atomic E-state index is 0.0137. The van der Waals surface area contributed by atoms with E-state index in [1.54, 1.807) is 19.9 Å². The predicted octanol–water partition coefficient (Wildman–Crippen LogP) is 3.73. The lowest BCUT2D eigenvalue weighted by Crippen LogP contribution is -2.50. The molecule has 0 aromatic carbocycles. The molecule has 3 aliphatic rings. The molecule has 33 heavy (non-hydrogen) atoms. The standard InChI is InChI=1S/C26H30O7/c1-5-6-7-8-9-15(2)25(31)33-26(4)22(29)12-17-11-21(32-14-19(17)24(26)30)23-16(3)10-18(27)13-20(23)28/h9,11-12,14,18,27H,5-8,10,13H2,1-4H3. The minimum Gasteiger partial charge on any atom is -0.463 e. The monoisotopic (exact) mass is 454 g/mol. The summed E-state index contributed by atoms with van der Waals surface area (Å²) in [6.45, 7) is 6.71. The van der Waals surface area contributed by atoms with Crippen LogP contribution in [-0.4, -0.2) is 40.1 Å². The molecule has 3 rings (SSSR count). The Balaban J connectivity index is 1.83. The molecule has 2 aliphatic carbocycles. The number of esters is 1. The lowest BCUT2D eigenvalue weighted by Gasteiger charge is -2.32. The van der Waals surface area contributed by atoms with E-state index in [4.69, 9.17) is 9.47 Å². The first-order chi connectivity index (χ1) is 15.6. The van der Waals surface area contributed by atoms with Crippen LogP contribution in [-0.2, 0) is 28.7 Å². The largest absolute Gasteiger partial charge is 0.463 e. The number of unbranched alkanes of at least 4 members (excludes halogenated alkanes) is 3. The second-order valence-corrected chi connectivity index (χ2v) is 8.90. The molecule has 1 N–H and O–H groups in total. The minimum atomic E-state index is -1.99. The summed E-state index contributed by atoms with van der Waals surface area (Å²) in [7, 11) is 0. The number of fused-ring (bicyclic) bond motifs is 1. The third-order valence-electron chi connectivity index (χ3n) is 6.13. The molecule has 0 aromatic rings. The highest BCUT2D eigenvalue weighted by atomic mass is 16.6. The topological polar surface area (TPSA) is 107 Å². The summed E-state index contributed by atoms with van der Waals surface area (Å²) in [5, 5.41) is 9.79. The second-order valence-electron chi connectivity index (χ2n) is 8.90. The number of hydrogen-bond donors (Lipinski definition) is 1. The van der Waals surface area contributed by atoms with Crippen LogP contribution in [0.3, 0.4) is 0 Å². The molecule has 0 bridgehead atoms. The number of aliphatic hydroxyl groups is 1. The van der Waals surface area contributed by atoms with Gasteiger partial charge in [-0.3, -0.25) is 14.4 Å². The summed E-state index contributed by atoms with van der Waals surface area (Å²) in [6.07, 6.45) is 9.03. The van der Waals surface area contributed by atoms with Crippen LogP contribution in [0.1, 0.15) is 66.2 Å². The third-order valence-corrected chi connectivity index (χ3v) is 6.13. The number of rotatable bonds is 7. The molecule has 176 valence electrons. The Morgan fingerprint density at radius 3 is 2.64 bits per heavy atom. The van der Waals surface area contributed by atoms with Crippen LogP contribution in [0.5, 0.6) is 0 Å². The average molecular weight is 455 g/mol. The first-order valence-electron chi connectivity index (χ1n) is 11.3. The maximum Gasteiger partial charge on any atom is 0.334 e. The van der Waals surface area contributed by atoms with Crippen molar-refractivity contribution in [1.82, 2.24) is 0 Å². The zero-order valence-electron chi connectivity index (χ0n) is 19.5. The van der Waals surface area contributed by atoms with Gasteiger partial charge in [0.15, 0.2) is 5.78 Å². The molecule has 0 saturated carbocycles. The summed E-state index contributed by atoms with van der Waals surface area (Å²) < 4.78 is 11.0. The van der Waals surface area contributed by atoms with Crippen molar-refractivity contribution in [2.75, 3.05) is 0 Å². The van der Waals surface area contributed by atoms with E-state index in [1.165, 1.54) is 25.3 Å².